The molecule has 8 nitrogen and oxygen atoms in total. The summed E-state index contributed by atoms with van der Waals surface area (Å²) >= 11 is 0. The first-order chi connectivity index (χ1) is 12.8. The van der Waals surface area contributed by atoms with E-state index in [-0.39, 0.29) is 0 Å². The van der Waals surface area contributed by atoms with Crippen LogP contribution in [0.4, 0.5) is 0 Å². The highest BCUT2D eigenvalue weighted by Crippen LogP contribution is 2.26. The molecule has 1 aliphatic rings. The van der Waals surface area contributed by atoms with Crippen LogP contribution in [-0.4, -0.2) is 56.8 Å². The molecule has 3 heterocycles. The Labute approximate surface area is 151 Å². The molecule has 0 saturated carbocycles. The van der Waals surface area contributed by atoms with Gasteiger partial charge in [-0.2, -0.15) is 0 Å². The van der Waals surface area contributed by atoms with E-state index in [9.17, 15) is 0 Å². The molecule has 8 heteroatoms. The van der Waals surface area contributed by atoms with Crippen molar-refractivity contribution in [3.05, 3.63) is 30.5 Å². The van der Waals surface area contributed by atoms with Crippen molar-refractivity contribution < 1.29 is 9.15 Å². The zero-order chi connectivity index (χ0) is 17.9. The highest BCUT2D eigenvalue weighted by molar-refractivity contribution is 5.56. The first-order valence-electron chi connectivity index (χ1n) is 8.89. The molecule has 0 radical (unpaired) electrons. The molecule has 3 aromatic rings. The van der Waals surface area contributed by atoms with Gasteiger partial charge in [0.2, 0.25) is 5.89 Å². The summed E-state index contributed by atoms with van der Waals surface area (Å²) < 4.78 is 12.9. The highest BCUT2D eigenvalue weighted by Gasteiger charge is 2.22. The van der Waals surface area contributed by atoms with Crippen LogP contribution in [0.5, 0.6) is 5.75 Å². The maximum atomic E-state index is 5.78. The zero-order valence-corrected chi connectivity index (χ0v) is 15.0. The summed E-state index contributed by atoms with van der Waals surface area (Å²) in [5.41, 5.74) is 1.44. The van der Waals surface area contributed by atoms with Crippen LogP contribution < -0.4 is 4.74 Å². The normalized spacial score (nSPS) is 16.1. The highest BCUT2D eigenvalue weighted by atomic mass is 16.5. The smallest absolute Gasteiger partial charge is 0.270 e. The van der Waals surface area contributed by atoms with Crippen molar-refractivity contribution in [3.63, 3.8) is 0 Å². The van der Waals surface area contributed by atoms with Crippen molar-refractivity contribution in [3.8, 4) is 28.8 Å². The van der Waals surface area contributed by atoms with E-state index < -0.39 is 0 Å². The van der Waals surface area contributed by atoms with E-state index in [0.29, 0.717) is 23.5 Å². The van der Waals surface area contributed by atoms with Crippen LogP contribution in [0.3, 0.4) is 0 Å². The molecule has 0 unspecified atom stereocenters. The molecule has 2 aromatic heterocycles. The van der Waals surface area contributed by atoms with Gasteiger partial charge >= 0.3 is 0 Å². The summed E-state index contributed by atoms with van der Waals surface area (Å²) in [7, 11) is 1.63. The Kier molecular flexibility index (Phi) is 4.66. The quantitative estimate of drug-likeness (QED) is 0.696. The third kappa shape index (κ3) is 3.32. The summed E-state index contributed by atoms with van der Waals surface area (Å²) in [6.45, 7) is 5.49. The van der Waals surface area contributed by atoms with Gasteiger partial charge in [0.25, 0.3) is 5.89 Å². The van der Waals surface area contributed by atoms with Crippen molar-refractivity contribution in [2.75, 3.05) is 26.7 Å². The van der Waals surface area contributed by atoms with Gasteiger partial charge in [0.15, 0.2) is 5.69 Å². The monoisotopic (exact) mass is 354 g/mol. The van der Waals surface area contributed by atoms with E-state index in [4.69, 9.17) is 9.15 Å². The molecule has 1 aromatic carbocycles. The van der Waals surface area contributed by atoms with Crippen molar-refractivity contribution in [2.45, 2.75) is 25.8 Å². The first-order valence-corrected chi connectivity index (χ1v) is 8.89. The Bertz CT molecular complexity index is 849. The molecule has 1 saturated heterocycles. The lowest BCUT2D eigenvalue weighted by molar-refractivity contribution is 0.186. The zero-order valence-electron chi connectivity index (χ0n) is 15.0. The second-order valence-corrected chi connectivity index (χ2v) is 6.39. The lowest BCUT2D eigenvalue weighted by Gasteiger charge is -2.30. The van der Waals surface area contributed by atoms with Crippen LogP contribution in [0.1, 0.15) is 25.8 Å². The molecule has 26 heavy (non-hydrogen) atoms. The Morgan fingerprint density at radius 2 is 1.81 bits per heavy atom. The van der Waals surface area contributed by atoms with E-state index >= 15 is 0 Å². The number of hydrogen-bond acceptors (Lipinski definition) is 7. The van der Waals surface area contributed by atoms with Gasteiger partial charge in [-0.15, -0.1) is 15.3 Å². The van der Waals surface area contributed by atoms with Crippen molar-refractivity contribution in [1.29, 1.82) is 0 Å². The van der Waals surface area contributed by atoms with Crippen molar-refractivity contribution >= 4 is 0 Å². The molecule has 0 atom stereocenters. The lowest BCUT2D eigenvalue weighted by Crippen LogP contribution is -2.34. The maximum Gasteiger partial charge on any atom is 0.270 e. The van der Waals surface area contributed by atoms with Gasteiger partial charge in [0.05, 0.1) is 19.3 Å². The fraction of sp³-hybridized carbons (Fsp3) is 0.444. The van der Waals surface area contributed by atoms with E-state index in [0.717, 1.165) is 43.8 Å². The molecule has 0 N–H and O–H groups in total. The summed E-state index contributed by atoms with van der Waals surface area (Å²) in [5.74, 6) is 1.62. The molecular weight excluding hydrogens is 332 g/mol. The third-order valence-electron chi connectivity index (χ3n) is 4.87. The summed E-state index contributed by atoms with van der Waals surface area (Å²) in [6.07, 6.45) is 4.06. The van der Waals surface area contributed by atoms with Crippen LogP contribution in [0, 0.1) is 0 Å². The van der Waals surface area contributed by atoms with Crippen LogP contribution in [0.15, 0.2) is 34.9 Å². The lowest BCUT2D eigenvalue weighted by atomic mass is 10.1. The van der Waals surface area contributed by atoms with Gasteiger partial charge in [0.1, 0.15) is 5.75 Å². The minimum atomic E-state index is 0.378. The SMILES string of the molecule is CCN1CCC(n2cc(-c3nnc(-c4ccc(OC)cc4)o3)nn2)CC1. The maximum absolute atomic E-state index is 5.78. The number of rotatable bonds is 5. The van der Waals surface area contributed by atoms with Gasteiger partial charge in [-0.25, -0.2) is 4.68 Å². The van der Waals surface area contributed by atoms with Crippen LogP contribution in [-0.2, 0) is 0 Å². The number of nitrogens with zero attached hydrogens (tertiary/aromatic N) is 6. The van der Waals surface area contributed by atoms with Crippen LogP contribution >= 0.6 is 0 Å². The number of methoxy groups -OCH3 is 1. The second-order valence-electron chi connectivity index (χ2n) is 6.39. The average Bonchev–Trinajstić information content (AvgIpc) is 3.38. The van der Waals surface area contributed by atoms with Crippen molar-refractivity contribution in [1.82, 2.24) is 30.1 Å². The minimum absolute atomic E-state index is 0.378. The summed E-state index contributed by atoms with van der Waals surface area (Å²) in [6, 6.07) is 7.86. The van der Waals surface area contributed by atoms with Gasteiger partial charge in [0, 0.05) is 18.7 Å². The fourth-order valence-electron chi connectivity index (χ4n) is 3.23. The van der Waals surface area contributed by atoms with Gasteiger partial charge in [-0.3, -0.25) is 0 Å². The average molecular weight is 354 g/mol. The van der Waals surface area contributed by atoms with E-state index in [1.54, 1.807) is 7.11 Å². The van der Waals surface area contributed by atoms with Gasteiger partial charge in [-0.05, 0) is 43.7 Å². The van der Waals surface area contributed by atoms with E-state index in [2.05, 4.69) is 32.3 Å². The second kappa shape index (κ2) is 7.25. The Hall–Kier alpha value is -2.74. The summed E-state index contributed by atoms with van der Waals surface area (Å²) in [5, 5.41) is 16.7. The number of benzene rings is 1. The number of likely N-dealkylation sites (tertiary alicyclic amines) is 1. The van der Waals surface area contributed by atoms with Crippen LogP contribution in [0.25, 0.3) is 23.0 Å². The van der Waals surface area contributed by atoms with Crippen LogP contribution in [0.2, 0.25) is 0 Å². The number of piperidine rings is 1. The molecular formula is C18H22N6O2. The molecule has 0 amide bonds. The Morgan fingerprint density at radius 3 is 2.50 bits per heavy atom. The van der Waals surface area contributed by atoms with Gasteiger partial charge in [-0.1, -0.05) is 12.1 Å². The topological polar surface area (TPSA) is 82.1 Å². The number of aromatic nitrogens is 5. The number of hydrogen-bond donors (Lipinski definition) is 0. The number of ether oxygens (including phenoxy) is 1. The van der Waals surface area contributed by atoms with Crippen molar-refractivity contribution in [2.24, 2.45) is 0 Å². The molecule has 0 spiro atoms. The largest absolute Gasteiger partial charge is 0.497 e. The predicted molar refractivity (Wildman–Crippen MR) is 95.7 cm³/mol. The summed E-state index contributed by atoms with van der Waals surface area (Å²) in [4.78, 5) is 2.45. The molecule has 1 aliphatic heterocycles. The first kappa shape index (κ1) is 16.7. The minimum Gasteiger partial charge on any atom is -0.497 e. The van der Waals surface area contributed by atoms with E-state index in [1.165, 1.54) is 0 Å². The molecule has 0 aliphatic carbocycles. The molecule has 1 fully saturated rings. The molecule has 4 rings (SSSR count). The van der Waals surface area contributed by atoms with E-state index in [1.807, 2.05) is 35.1 Å². The molecule has 136 valence electrons. The third-order valence-corrected chi connectivity index (χ3v) is 4.87. The molecule has 0 bridgehead atoms. The Balaban J connectivity index is 1.49. The Morgan fingerprint density at radius 1 is 1.08 bits per heavy atom. The predicted octanol–water partition coefficient (Wildman–Crippen LogP) is 2.66. The van der Waals surface area contributed by atoms with Gasteiger partial charge < -0.3 is 14.1 Å². The fourth-order valence-corrected chi connectivity index (χ4v) is 3.23. The standard InChI is InChI=1S/C18H22N6O2/c1-3-23-10-8-14(9-11-23)24-12-16(19-22-24)18-21-20-17(26-18)13-4-6-15(25-2)7-5-13/h4-7,12,14H,3,8-11H2,1-2H3.